The van der Waals surface area contributed by atoms with Gasteiger partial charge in [0.25, 0.3) is 5.91 Å². The van der Waals surface area contributed by atoms with Gasteiger partial charge in [-0.3, -0.25) is 14.4 Å². The monoisotopic (exact) mass is 431 g/mol. The molecular formula is C22H23ClFN3O3. The largest absolute Gasteiger partial charge is 0.348 e. The summed E-state index contributed by atoms with van der Waals surface area (Å²) in [5, 5.41) is 5.66. The zero-order chi connectivity index (χ0) is 21.7. The van der Waals surface area contributed by atoms with Gasteiger partial charge in [0, 0.05) is 30.3 Å². The van der Waals surface area contributed by atoms with E-state index >= 15 is 0 Å². The van der Waals surface area contributed by atoms with Gasteiger partial charge in [0.05, 0.1) is 5.56 Å². The maximum Gasteiger partial charge on any atom is 0.313 e. The molecule has 30 heavy (non-hydrogen) atoms. The van der Waals surface area contributed by atoms with Gasteiger partial charge in [0.2, 0.25) is 0 Å². The van der Waals surface area contributed by atoms with Crippen LogP contribution in [0, 0.1) is 18.7 Å². The summed E-state index contributed by atoms with van der Waals surface area (Å²) in [7, 11) is 0. The molecule has 0 saturated carbocycles. The van der Waals surface area contributed by atoms with Gasteiger partial charge in [-0.1, -0.05) is 29.8 Å². The molecule has 1 aliphatic heterocycles. The van der Waals surface area contributed by atoms with Crippen LogP contribution in [0.25, 0.3) is 0 Å². The number of nitrogens with one attached hydrogen (secondary N) is 2. The molecule has 6 nitrogen and oxygen atoms in total. The Morgan fingerprint density at radius 3 is 2.47 bits per heavy atom. The van der Waals surface area contributed by atoms with Gasteiger partial charge in [0.15, 0.2) is 0 Å². The van der Waals surface area contributed by atoms with Crippen molar-refractivity contribution in [2.75, 3.05) is 25.0 Å². The van der Waals surface area contributed by atoms with Gasteiger partial charge >= 0.3 is 11.8 Å². The molecule has 0 spiro atoms. The average molecular weight is 432 g/mol. The summed E-state index contributed by atoms with van der Waals surface area (Å²) < 4.78 is 13.8. The number of amides is 3. The number of piperidine rings is 1. The molecule has 1 saturated heterocycles. The van der Waals surface area contributed by atoms with E-state index in [0.717, 1.165) is 5.56 Å². The number of anilines is 1. The number of likely N-dealkylation sites (tertiary alicyclic amines) is 1. The number of rotatable bonds is 4. The molecule has 2 aromatic carbocycles. The van der Waals surface area contributed by atoms with E-state index in [1.54, 1.807) is 35.2 Å². The number of carbonyl (C=O) groups is 3. The smallest absolute Gasteiger partial charge is 0.313 e. The van der Waals surface area contributed by atoms with Crippen molar-refractivity contribution in [1.82, 2.24) is 10.2 Å². The maximum absolute atomic E-state index is 13.8. The number of halogens is 2. The molecule has 0 aromatic heterocycles. The van der Waals surface area contributed by atoms with Crippen LogP contribution in [-0.4, -0.2) is 42.3 Å². The van der Waals surface area contributed by atoms with E-state index in [9.17, 15) is 18.8 Å². The van der Waals surface area contributed by atoms with Crippen LogP contribution in [0.3, 0.4) is 0 Å². The minimum absolute atomic E-state index is 0.0668. The van der Waals surface area contributed by atoms with Gasteiger partial charge < -0.3 is 15.5 Å². The summed E-state index contributed by atoms with van der Waals surface area (Å²) in [6, 6.07) is 10.9. The highest BCUT2D eigenvalue weighted by Crippen LogP contribution is 2.21. The van der Waals surface area contributed by atoms with Crippen LogP contribution >= 0.6 is 11.6 Å². The highest BCUT2D eigenvalue weighted by molar-refractivity contribution is 6.39. The van der Waals surface area contributed by atoms with Crippen molar-refractivity contribution in [2.24, 2.45) is 5.92 Å². The third-order valence-corrected chi connectivity index (χ3v) is 5.60. The topological polar surface area (TPSA) is 78.5 Å². The molecule has 0 aliphatic carbocycles. The third-order valence-electron chi connectivity index (χ3n) is 5.19. The molecule has 158 valence electrons. The first-order chi connectivity index (χ1) is 14.3. The van der Waals surface area contributed by atoms with Crippen molar-refractivity contribution in [3.05, 3.63) is 64.4 Å². The summed E-state index contributed by atoms with van der Waals surface area (Å²) in [5.41, 5.74) is 1.39. The van der Waals surface area contributed by atoms with E-state index in [0.29, 0.717) is 43.2 Å². The van der Waals surface area contributed by atoms with E-state index in [4.69, 9.17) is 11.6 Å². The Morgan fingerprint density at radius 2 is 1.80 bits per heavy atom. The molecule has 1 heterocycles. The lowest BCUT2D eigenvalue weighted by molar-refractivity contribution is -0.136. The average Bonchev–Trinajstić information content (AvgIpc) is 2.75. The standard InChI is InChI=1S/C22H23ClFN3O3/c1-14-6-7-16(12-18(14)23)26-21(29)20(28)25-13-15-8-10-27(11-9-15)22(30)17-4-2-3-5-19(17)24/h2-7,12,15H,8-11,13H2,1H3,(H,25,28)(H,26,29). The van der Waals surface area contributed by atoms with Crippen LogP contribution in [0.4, 0.5) is 10.1 Å². The molecule has 3 rings (SSSR count). The molecule has 0 bridgehead atoms. The Hall–Kier alpha value is -2.93. The molecule has 0 radical (unpaired) electrons. The molecule has 3 amide bonds. The predicted molar refractivity (Wildman–Crippen MR) is 113 cm³/mol. The van der Waals surface area contributed by atoms with Crippen LogP contribution in [-0.2, 0) is 9.59 Å². The highest BCUT2D eigenvalue weighted by Gasteiger charge is 2.26. The van der Waals surface area contributed by atoms with E-state index in [-0.39, 0.29) is 17.4 Å². The fourth-order valence-corrected chi connectivity index (χ4v) is 3.50. The first-order valence-electron chi connectivity index (χ1n) is 9.74. The molecule has 2 aromatic rings. The van der Waals surface area contributed by atoms with Crippen molar-refractivity contribution in [3.63, 3.8) is 0 Å². The second-order valence-corrected chi connectivity index (χ2v) is 7.75. The lowest BCUT2D eigenvalue weighted by Crippen LogP contribution is -2.43. The summed E-state index contributed by atoms with van der Waals surface area (Å²) in [6.07, 6.45) is 1.32. The zero-order valence-electron chi connectivity index (χ0n) is 16.6. The number of aryl methyl sites for hydroxylation is 1. The summed E-state index contributed by atoms with van der Waals surface area (Å²) in [6.45, 7) is 3.13. The van der Waals surface area contributed by atoms with Crippen LogP contribution < -0.4 is 10.6 Å². The van der Waals surface area contributed by atoms with Gasteiger partial charge in [-0.05, 0) is 55.5 Å². The number of hydrogen-bond acceptors (Lipinski definition) is 3. The zero-order valence-corrected chi connectivity index (χ0v) is 17.3. The van der Waals surface area contributed by atoms with Crippen molar-refractivity contribution >= 4 is 35.0 Å². The molecule has 1 aliphatic rings. The van der Waals surface area contributed by atoms with E-state index in [1.165, 1.54) is 12.1 Å². The Kier molecular flexibility index (Phi) is 7.05. The minimum Gasteiger partial charge on any atom is -0.348 e. The highest BCUT2D eigenvalue weighted by atomic mass is 35.5. The minimum atomic E-state index is -0.762. The molecule has 8 heteroatoms. The number of hydrogen-bond donors (Lipinski definition) is 2. The Balaban J connectivity index is 1.44. The fraction of sp³-hybridized carbons (Fsp3) is 0.318. The second kappa shape index (κ2) is 9.71. The van der Waals surface area contributed by atoms with Gasteiger partial charge in [-0.2, -0.15) is 0 Å². The third kappa shape index (κ3) is 5.36. The summed E-state index contributed by atoms with van der Waals surface area (Å²) in [4.78, 5) is 38.2. The number of nitrogens with zero attached hydrogens (tertiary/aromatic N) is 1. The van der Waals surface area contributed by atoms with Crippen molar-refractivity contribution in [3.8, 4) is 0 Å². The molecule has 0 atom stereocenters. The summed E-state index contributed by atoms with van der Waals surface area (Å²) in [5.74, 6) is -2.21. The quantitative estimate of drug-likeness (QED) is 0.728. The van der Waals surface area contributed by atoms with Crippen molar-refractivity contribution in [1.29, 1.82) is 0 Å². The fourth-order valence-electron chi connectivity index (χ4n) is 3.32. The predicted octanol–water partition coefficient (Wildman–Crippen LogP) is 3.39. The molecule has 1 fully saturated rings. The Labute approximate surface area is 179 Å². The number of carbonyl (C=O) groups excluding carboxylic acids is 3. The van der Waals surface area contributed by atoms with Gasteiger partial charge in [0.1, 0.15) is 5.82 Å². The van der Waals surface area contributed by atoms with Crippen molar-refractivity contribution < 1.29 is 18.8 Å². The first-order valence-corrected chi connectivity index (χ1v) is 10.1. The first kappa shape index (κ1) is 21.8. The van der Waals surface area contributed by atoms with E-state index < -0.39 is 17.6 Å². The Bertz CT molecular complexity index is 958. The maximum atomic E-state index is 13.8. The second-order valence-electron chi connectivity index (χ2n) is 7.34. The van der Waals surface area contributed by atoms with E-state index in [2.05, 4.69) is 10.6 Å². The lowest BCUT2D eigenvalue weighted by Gasteiger charge is -2.32. The van der Waals surface area contributed by atoms with Gasteiger partial charge in [-0.15, -0.1) is 0 Å². The molecule has 0 unspecified atom stereocenters. The number of benzene rings is 2. The van der Waals surface area contributed by atoms with Crippen molar-refractivity contribution in [2.45, 2.75) is 19.8 Å². The lowest BCUT2D eigenvalue weighted by atomic mass is 9.96. The SMILES string of the molecule is Cc1ccc(NC(=O)C(=O)NCC2CCN(C(=O)c3ccccc3F)CC2)cc1Cl. The molecular weight excluding hydrogens is 409 g/mol. The van der Waals surface area contributed by atoms with Crippen LogP contribution in [0.1, 0.15) is 28.8 Å². The molecule has 2 N–H and O–H groups in total. The van der Waals surface area contributed by atoms with Crippen LogP contribution in [0.15, 0.2) is 42.5 Å². The van der Waals surface area contributed by atoms with E-state index in [1.807, 2.05) is 6.92 Å². The van der Waals surface area contributed by atoms with Crippen LogP contribution in [0.5, 0.6) is 0 Å². The normalized spacial score (nSPS) is 14.3. The van der Waals surface area contributed by atoms with Gasteiger partial charge in [-0.25, -0.2) is 4.39 Å². The van der Waals surface area contributed by atoms with Crippen LogP contribution in [0.2, 0.25) is 5.02 Å². The Morgan fingerprint density at radius 1 is 1.10 bits per heavy atom. The summed E-state index contributed by atoms with van der Waals surface area (Å²) >= 11 is 6.02.